The lowest BCUT2D eigenvalue weighted by atomic mass is 9.78. The normalized spacial score (nSPS) is 12.8. The minimum atomic E-state index is -0.564. The number of aromatic nitrogens is 1. The van der Waals surface area contributed by atoms with E-state index in [1.165, 1.54) is 0 Å². The number of aryl methyl sites for hydroxylation is 2. The molecule has 1 aromatic heterocycles. The zero-order valence-corrected chi connectivity index (χ0v) is 33.2. The van der Waals surface area contributed by atoms with Crippen molar-refractivity contribution in [3.63, 3.8) is 0 Å². The number of fused-ring (bicyclic) bond motifs is 2. The molecule has 290 valence electrons. The van der Waals surface area contributed by atoms with Crippen molar-refractivity contribution in [3.8, 4) is 11.1 Å². The van der Waals surface area contributed by atoms with Gasteiger partial charge in [0, 0.05) is 17.0 Å². The molecule has 10 nitrogen and oxygen atoms in total. The third-order valence-corrected chi connectivity index (χ3v) is 9.46. The Morgan fingerprint density at radius 1 is 0.536 bits per heavy atom. The molecule has 1 aliphatic heterocycles. The number of nitrogens with zero attached hydrogens (tertiary/aromatic N) is 1. The van der Waals surface area contributed by atoms with E-state index in [9.17, 15) is 19.2 Å². The van der Waals surface area contributed by atoms with Crippen molar-refractivity contribution in [3.05, 3.63) is 136 Å². The van der Waals surface area contributed by atoms with Gasteiger partial charge in [-0.25, -0.2) is 19.2 Å². The van der Waals surface area contributed by atoms with Gasteiger partial charge in [-0.15, -0.1) is 0 Å². The first-order valence-electron chi connectivity index (χ1n) is 18.8. The minimum Gasteiger partial charge on any atom is -0.463 e. The number of nitrogens with one attached hydrogen (secondary N) is 1. The zero-order chi connectivity index (χ0) is 40.5. The average Bonchev–Trinajstić information content (AvgIpc) is 3.17. The topological polar surface area (TPSA) is 130 Å². The number of esters is 4. The lowest BCUT2D eigenvalue weighted by Crippen LogP contribution is -2.32. The van der Waals surface area contributed by atoms with E-state index in [4.69, 9.17) is 18.9 Å². The molecule has 0 bridgehead atoms. The lowest BCUT2D eigenvalue weighted by Gasteiger charge is -2.31. The molecule has 0 saturated carbocycles. The summed E-state index contributed by atoms with van der Waals surface area (Å²) in [5.74, 6) is -2.42. The van der Waals surface area contributed by atoms with Crippen LogP contribution in [-0.4, -0.2) is 55.3 Å². The fourth-order valence-electron chi connectivity index (χ4n) is 7.24. The van der Waals surface area contributed by atoms with Crippen LogP contribution in [0.2, 0.25) is 0 Å². The van der Waals surface area contributed by atoms with Gasteiger partial charge in [-0.1, -0.05) is 84.9 Å². The molecule has 56 heavy (non-hydrogen) atoms. The molecule has 5 aromatic rings. The first kappa shape index (κ1) is 40.9. The quantitative estimate of drug-likeness (QED) is 0.109. The molecule has 0 saturated heterocycles. The third kappa shape index (κ3) is 8.34. The van der Waals surface area contributed by atoms with Gasteiger partial charge in [0.2, 0.25) is 0 Å². The van der Waals surface area contributed by atoms with Gasteiger partial charge in [-0.2, -0.15) is 0 Å². The molecule has 2 heterocycles. The molecule has 0 radical (unpaired) electrons. The number of carbonyl (C=O) groups excluding carboxylic acids is 4. The number of carbonyl (C=O) groups is 4. The van der Waals surface area contributed by atoms with E-state index < -0.39 is 29.8 Å². The number of pyridine rings is 1. The molecule has 0 aliphatic carbocycles. The number of ether oxygens (including phenoxy) is 4. The van der Waals surface area contributed by atoms with Crippen molar-refractivity contribution in [1.29, 1.82) is 0 Å². The van der Waals surface area contributed by atoms with Crippen LogP contribution in [0.15, 0.2) is 107 Å². The van der Waals surface area contributed by atoms with E-state index in [0.29, 0.717) is 50.6 Å². The number of hydrogen-bond acceptors (Lipinski definition) is 10. The number of hydrogen-bond donors (Lipinski definition) is 1. The van der Waals surface area contributed by atoms with Crippen LogP contribution in [-0.2, 0) is 28.5 Å². The van der Waals surface area contributed by atoms with Crippen LogP contribution in [0.1, 0.15) is 85.1 Å². The Morgan fingerprint density at radius 2 is 0.946 bits per heavy atom. The summed E-state index contributed by atoms with van der Waals surface area (Å²) in [5, 5.41) is 7.14. The maximum Gasteiger partial charge on any atom is 0.340 e. The second-order valence-electron chi connectivity index (χ2n) is 13.0. The van der Waals surface area contributed by atoms with Crippen LogP contribution < -0.4 is 5.32 Å². The molecule has 1 aliphatic rings. The van der Waals surface area contributed by atoms with E-state index >= 15 is 0 Å². The number of benzene rings is 4. The van der Waals surface area contributed by atoms with Gasteiger partial charge in [-0.05, 0) is 88.1 Å². The standard InChI is InChI=1S/C23H25NO4.C23H23NO4/c2*1-5-27-22(25)19-14(3)24-15(4)20(23(26)28-6-2)21(19)18-13-9-11-16-10-7-8-12-17(16)18/h7-13,21,24H,5-6H2,1-4H3;7-13H,5-6H2,1-4H3. The van der Waals surface area contributed by atoms with Crippen LogP contribution >= 0.6 is 0 Å². The van der Waals surface area contributed by atoms with E-state index in [1.807, 2.05) is 98.8 Å². The van der Waals surface area contributed by atoms with E-state index in [2.05, 4.69) is 10.3 Å². The Kier molecular flexibility index (Phi) is 13.4. The van der Waals surface area contributed by atoms with Crippen molar-refractivity contribution in [1.82, 2.24) is 10.3 Å². The first-order valence-corrected chi connectivity index (χ1v) is 18.8. The highest BCUT2D eigenvalue weighted by Gasteiger charge is 2.38. The Bertz CT molecular complexity index is 2280. The zero-order valence-electron chi connectivity index (χ0n) is 33.2. The van der Waals surface area contributed by atoms with Crippen molar-refractivity contribution >= 4 is 45.4 Å². The summed E-state index contributed by atoms with van der Waals surface area (Å²) >= 11 is 0. The van der Waals surface area contributed by atoms with Crippen molar-refractivity contribution in [2.75, 3.05) is 26.4 Å². The summed E-state index contributed by atoms with van der Waals surface area (Å²) in [5.41, 5.74) is 6.04. The summed E-state index contributed by atoms with van der Waals surface area (Å²) in [6.45, 7) is 15.2. The summed E-state index contributed by atoms with van der Waals surface area (Å²) < 4.78 is 21.2. The highest BCUT2D eigenvalue weighted by molar-refractivity contribution is 6.11. The fraction of sp³-hybridized carbons (Fsp3) is 0.283. The number of allylic oxidation sites excluding steroid dienone is 2. The van der Waals surface area contributed by atoms with Crippen LogP contribution in [0.3, 0.4) is 0 Å². The maximum absolute atomic E-state index is 12.9. The molecule has 0 atom stereocenters. The average molecular weight is 757 g/mol. The molecule has 10 heteroatoms. The molecule has 0 spiro atoms. The third-order valence-electron chi connectivity index (χ3n) is 9.46. The Morgan fingerprint density at radius 3 is 1.45 bits per heavy atom. The lowest BCUT2D eigenvalue weighted by molar-refractivity contribution is -0.139. The predicted octanol–water partition coefficient (Wildman–Crippen LogP) is 9.07. The second kappa shape index (κ2) is 18.4. The predicted molar refractivity (Wildman–Crippen MR) is 217 cm³/mol. The molecule has 6 rings (SSSR count). The minimum absolute atomic E-state index is 0.232. The van der Waals surface area contributed by atoms with E-state index in [-0.39, 0.29) is 26.4 Å². The largest absolute Gasteiger partial charge is 0.463 e. The number of dihydropyridines is 1. The van der Waals surface area contributed by atoms with E-state index in [1.54, 1.807) is 41.5 Å². The Balaban J connectivity index is 0.000000214. The van der Waals surface area contributed by atoms with Crippen molar-refractivity contribution < 1.29 is 38.1 Å². The summed E-state index contributed by atoms with van der Waals surface area (Å²) in [4.78, 5) is 55.8. The molecule has 1 N–H and O–H groups in total. The van der Waals surface area contributed by atoms with Crippen LogP contribution in [0.4, 0.5) is 0 Å². The Labute approximate surface area is 327 Å². The van der Waals surface area contributed by atoms with Crippen molar-refractivity contribution in [2.24, 2.45) is 0 Å². The van der Waals surface area contributed by atoms with Gasteiger partial charge in [-0.3, -0.25) is 4.98 Å². The van der Waals surface area contributed by atoms with Gasteiger partial charge in [0.25, 0.3) is 0 Å². The fourth-order valence-corrected chi connectivity index (χ4v) is 7.24. The van der Waals surface area contributed by atoms with Crippen LogP contribution in [0.5, 0.6) is 0 Å². The molecule has 0 amide bonds. The SMILES string of the molecule is CCOC(=O)C1=C(C)NC(C)=C(C(=O)OCC)C1c1cccc2ccccc12.CCOC(=O)c1c(C)nc(C)c(C(=O)OCC)c1-c1cccc2ccccc12. The van der Waals surface area contributed by atoms with Gasteiger partial charge in [0.1, 0.15) is 0 Å². The van der Waals surface area contributed by atoms with Gasteiger partial charge >= 0.3 is 23.9 Å². The van der Waals surface area contributed by atoms with Crippen LogP contribution in [0.25, 0.3) is 32.7 Å². The molecule has 0 unspecified atom stereocenters. The van der Waals surface area contributed by atoms with E-state index in [0.717, 1.165) is 32.7 Å². The van der Waals surface area contributed by atoms with Crippen molar-refractivity contribution in [2.45, 2.75) is 61.3 Å². The molecular weight excluding hydrogens is 709 g/mol. The Hall–Kier alpha value is -6.29. The summed E-state index contributed by atoms with van der Waals surface area (Å²) in [6, 6.07) is 27.5. The monoisotopic (exact) mass is 756 g/mol. The number of rotatable bonds is 10. The second-order valence-corrected chi connectivity index (χ2v) is 13.0. The summed E-state index contributed by atoms with van der Waals surface area (Å²) in [6.07, 6.45) is 0. The summed E-state index contributed by atoms with van der Waals surface area (Å²) in [7, 11) is 0. The highest BCUT2D eigenvalue weighted by Crippen LogP contribution is 2.42. The first-order chi connectivity index (χ1) is 27.0. The smallest absolute Gasteiger partial charge is 0.340 e. The van der Waals surface area contributed by atoms with Gasteiger partial charge in [0.05, 0.1) is 66.0 Å². The molecule has 4 aromatic carbocycles. The van der Waals surface area contributed by atoms with Crippen LogP contribution in [0, 0.1) is 13.8 Å². The molecule has 0 fully saturated rings. The highest BCUT2D eigenvalue weighted by atomic mass is 16.5. The molecular formula is C46H48N2O8. The van der Waals surface area contributed by atoms with Gasteiger partial charge < -0.3 is 24.3 Å². The maximum atomic E-state index is 12.9. The van der Waals surface area contributed by atoms with Gasteiger partial charge in [0.15, 0.2) is 0 Å².